The Bertz CT molecular complexity index is 1190. The molecule has 2 aromatic heterocycles. The molecule has 0 N–H and O–H groups in total. The van der Waals surface area contributed by atoms with E-state index in [2.05, 4.69) is 4.98 Å². The van der Waals surface area contributed by atoms with Gasteiger partial charge in [-0.15, -0.1) is 0 Å². The Morgan fingerprint density at radius 3 is 2.59 bits per heavy atom. The number of fused-ring (bicyclic) bond motifs is 5. The van der Waals surface area contributed by atoms with Crippen molar-refractivity contribution in [3.05, 3.63) is 60.8 Å². The molecule has 0 unspecified atom stereocenters. The fourth-order valence-electron chi connectivity index (χ4n) is 3.32. The Morgan fingerprint density at radius 1 is 0.864 bits per heavy atom. The van der Waals surface area contributed by atoms with Gasteiger partial charge in [-0.1, -0.05) is 36.4 Å². The van der Waals surface area contributed by atoms with Gasteiger partial charge in [0.15, 0.2) is 0 Å². The molecule has 1 aliphatic heterocycles. The Labute approximate surface area is 126 Å². The molecular formula is C17H10N2O2S. The Balaban J connectivity index is 2.19. The first-order chi connectivity index (χ1) is 10.7. The monoisotopic (exact) mass is 306 g/mol. The molecule has 4 nitrogen and oxygen atoms in total. The van der Waals surface area contributed by atoms with Crippen LogP contribution in [0, 0.1) is 0 Å². The van der Waals surface area contributed by atoms with Gasteiger partial charge in [0.1, 0.15) is 4.90 Å². The maximum Gasteiger partial charge on any atom is 0.270 e. The zero-order chi connectivity index (χ0) is 14.9. The SMILES string of the molecule is O=S1(=O)c2cccnc2-c2cccc3c4ccccc4n1c23. The molecule has 1 aliphatic rings. The zero-order valence-electron chi connectivity index (χ0n) is 11.4. The third-order valence-corrected chi connectivity index (χ3v) is 5.94. The quantitative estimate of drug-likeness (QED) is 0.440. The summed E-state index contributed by atoms with van der Waals surface area (Å²) in [6.07, 6.45) is 1.63. The van der Waals surface area contributed by atoms with Crippen molar-refractivity contribution >= 4 is 31.8 Å². The van der Waals surface area contributed by atoms with E-state index in [1.165, 1.54) is 3.97 Å². The highest BCUT2D eigenvalue weighted by Gasteiger charge is 2.32. The Kier molecular flexibility index (Phi) is 2.04. The molecule has 5 heteroatoms. The predicted octanol–water partition coefficient (Wildman–Crippen LogP) is 3.41. The van der Waals surface area contributed by atoms with Gasteiger partial charge in [0, 0.05) is 22.5 Å². The minimum Gasteiger partial charge on any atom is -0.255 e. The van der Waals surface area contributed by atoms with Crippen molar-refractivity contribution in [3.63, 3.8) is 0 Å². The number of aromatic nitrogens is 2. The highest BCUT2D eigenvalue weighted by Crippen LogP contribution is 2.43. The van der Waals surface area contributed by atoms with E-state index in [-0.39, 0.29) is 4.90 Å². The van der Waals surface area contributed by atoms with Crippen molar-refractivity contribution in [2.24, 2.45) is 0 Å². The molecule has 0 saturated carbocycles. The Hall–Kier alpha value is -2.66. The molecule has 0 spiro atoms. The molecule has 106 valence electrons. The molecule has 5 rings (SSSR count). The largest absolute Gasteiger partial charge is 0.270 e. The molecule has 0 aliphatic carbocycles. The van der Waals surface area contributed by atoms with Crippen molar-refractivity contribution in [3.8, 4) is 11.3 Å². The van der Waals surface area contributed by atoms with E-state index in [1.54, 1.807) is 18.3 Å². The summed E-state index contributed by atoms with van der Waals surface area (Å²) in [5, 5.41) is 1.88. The first-order valence-electron chi connectivity index (χ1n) is 6.93. The normalized spacial score (nSPS) is 15.1. The third-order valence-electron chi connectivity index (χ3n) is 4.20. The van der Waals surface area contributed by atoms with E-state index in [0.717, 1.165) is 21.9 Å². The highest BCUT2D eigenvalue weighted by molar-refractivity contribution is 7.90. The molecule has 2 aromatic carbocycles. The van der Waals surface area contributed by atoms with Gasteiger partial charge in [0.05, 0.1) is 16.7 Å². The van der Waals surface area contributed by atoms with Crippen LogP contribution in [-0.4, -0.2) is 17.4 Å². The van der Waals surface area contributed by atoms with Gasteiger partial charge in [-0.2, -0.15) is 0 Å². The second kappa shape index (κ2) is 3.75. The van der Waals surface area contributed by atoms with Crippen LogP contribution in [0.25, 0.3) is 33.1 Å². The lowest BCUT2D eigenvalue weighted by Crippen LogP contribution is -2.18. The summed E-state index contributed by atoms with van der Waals surface area (Å²) >= 11 is 0. The van der Waals surface area contributed by atoms with Crippen molar-refractivity contribution in [1.29, 1.82) is 0 Å². The number of hydrogen-bond donors (Lipinski definition) is 0. The number of benzene rings is 2. The average molecular weight is 306 g/mol. The van der Waals surface area contributed by atoms with Crippen molar-refractivity contribution in [2.45, 2.75) is 4.90 Å². The standard InChI is InChI=1S/C17H10N2O2S/c20-22(21)15-9-4-10-18-16(15)13-7-3-6-12-11-5-1-2-8-14(11)19(22)17(12)13/h1-10H. The fraction of sp³-hybridized carbons (Fsp3) is 0. The van der Waals surface area contributed by atoms with Gasteiger partial charge in [-0.3, -0.25) is 4.98 Å². The van der Waals surface area contributed by atoms with E-state index >= 15 is 0 Å². The van der Waals surface area contributed by atoms with Crippen LogP contribution in [0.3, 0.4) is 0 Å². The van der Waals surface area contributed by atoms with Gasteiger partial charge in [0.2, 0.25) is 0 Å². The number of rotatable bonds is 0. The third kappa shape index (κ3) is 1.23. The highest BCUT2D eigenvalue weighted by atomic mass is 32.2. The molecule has 0 atom stereocenters. The van der Waals surface area contributed by atoms with Crippen LogP contribution in [0.2, 0.25) is 0 Å². The lowest BCUT2D eigenvalue weighted by molar-refractivity contribution is 0.589. The first kappa shape index (κ1) is 11.9. The number of para-hydroxylation sites is 2. The molecule has 0 saturated heterocycles. The summed E-state index contributed by atoms with van der Waals surface area (Å²) < 4.78 is 27.6. The molecule has 0 radical (unpaired) electrons. The number of nitrogens with zero attached hydrogens (tertiary/aromatic N) is 2. The van der Waals surface area contributed by atoms with E-state index in [9.17, 15) is 8.42 Å². The Morgan fingerprint density at radius 2 is 1.68 bits per heavy atom. The van der Waals surface area contributed by atoms with Crippen LogP contribution in [0.5, 0.6) is 0 Å². The van der Waals surface area contributed by atoms with E-state index in [4.69, 9.17) is 0 Å². The van der Waals surface area contributed by atoms with Crippen LogP contribution < -0.4 is 0 Å². The minimum atomic E-state index is -3.64. The maximum atomic E-state index is 13.1. The molecule has 3 heterocycles. The summed E-state index contributed by atoms with van der Waals surface area (Å²) in [4.78, 5) is 4.58. The average Bonchev–Trinajstić information content (AvgIpc) is 2.89. The van der Waals surface area contributed by atoms with E-state index in [0.29, 0.717) is 11.2 Å². The van der Waals surface area contributed by atoms with Crippen LogP contribution >= 0.6 is 0 Å². The predicted molar refractivity (Wildman–Crippen MR) is 85.3 cm³/mol. The lowest BCUT2D eigenvalue weighted by Gasteiger charge is -2.19. The summed E-state index contributed by atoms with van der Waals surface area (Å²) in [5.41, 5.74) is 2.82. The fourth-order valence-corrected chi connectivity index (χ4v) is 5.03. The lowest BCUT2D eigenvalue weighted by atomic mass is 10.1. The van der Waals surface area contributed by atoms with E-state index in [1.807, 2.05) is 42.5 Å². The summed E-state index contributed by atoms with van der Waals surface area (Å²) in [5.74, 6) is 0. The molecule has 0 bridgehead atoms. The summed E-state index contributed by atoms with van der Waals surface area (Å²) in [6, 6.07) is 16.7. The molecule has 0 fully saturated rings. The molecular weight excluding hydrogens is 296 g/mol. The summed E-state index contributed by atoms with van der Waals surface area (Å²) in [7, 11) is -3.64. The van der Waals surface area contributed by atoms with Crippen molar-refractivity contribution in [2.75, 3.05) is 0 Å². The second-order valence-corrected chi connectivity index (χ2v) is 7.09. The van der Waals surface area contributed by atoms with E-state index < -0.39 is 10.0 Å². The van der Waals surface area contributed by atoms with Crippen LogP contribution in [0.15, 0.2) is 65.7 Å². The molecule has 22 heavy (non-hydrogen) atoms. The molecule has 0 amide bonds. The number of pyridine rings is 1. The van der Waals surface area contributed by atoms with Gasteiger partial charge >= 0.3 is 0 Å². The van der Waals surface area contributed by atoms with Crippen LogP contribution in [0.1, 0.15) is 0 Å². The maximum absolute atomic E-state index is 13.1. The number of hydrogen-bond acceptors (Lipinski definition) is 3. The smallest absolute Gasteiger partial charge is 0.255 e. The van der Waals surface area contributed by atoms with Crippen molar-refractivity contribution < 1.29 is 8.42 Å². The second-order valence-electron chi connectivity index (χ2n) is 5.34. The van der Waals surface area contributed by atoms with Gasteiger partial charge in [-0.05, 0) is 18.2 Å². The molecule has 4 aromatic rings. The van der Waals surface area contributed by atoms with Crippen molar-refractivity contribution in [1.82, 2.24) is 8.96 Å². The topological polar surface area (TPSA) is 52.0 Å². The zero-order valence-corrected chi connectivity index (χ0v) is 12.2. The minimum absolute atomic E-state index is 0.261. The van der Waals surface area contributed by atoms with Crippen LogP contribution in [0.4, 0.5) is 0 Å². The first-order valence-corrected chi connectivity index (χ1v) is 8.37. The van der Waals surface area contributed by atoms with Gasteiger partial charge < -0.3 is 0 Å². The summed E-state index contributed by atoms with van der Waals surface area (Å²) in [6.45, 7) is 0. The van der Waals surface area contributed by atoms with Gasteiger partial charge in [-0.25, -0.2) is 12.4 Å². The van der Waals surface area contributed by atoms with Gasteiger partial charge in [0.25, 0.3) is 10.0 Å². The van der Waals surface area contributed by atoms with Crippen LogP contribution in [-0.2, 0) is 10.0 Å².